The van der Waals surface area contributed by atoms with Crippen LogP contribution in [-0.2, 0) is 12.5 Å². The zero-order chi connectivity index (χ0) is 15.4. The summed E-state index contributed by atoms with van der Waals surface area (Å²) in [6.45, 7) is 0.222. The van der Waals surface area contributed by atoms with E-state index < -0.39 is 4.92 Å². The topological polar surface area (TPSA) is 52.4 Å². The van der Waals surface area contributed by atoms with Crippen LogP contribution in [0, 0.1) is 10.1 Å². The minimum atomic E-state index is -0.488. The predicted molar refractivity (Wildman–Crippen MR) is 86.1 cm³/mol. The lowest BCUT2D eigenvalue weighted by molar-refractivity contribution is -0.384. The molecule has 0 radical (unpaired) electrons. The second-order valence-corrected chi connectivity index (χ2v) is 5.74. The molecule has 0 heterocycles. The molecule has 0 fully saturated rings. The van der Waals surface area contributed by atoms with Crippen LogP contribution in [0.1, 0.15) is 11.1 Å². The highest BCUT2D eigenvalue weighted by Gasteiger charge is 2.10. The van der Waals surface area contributed by atoms with Crippen LogP contribution in [0.25, 0.3) is 0 Å². The molecule has 0 saturated heterocycles. The molecule has 0 aliphatic rings. The van der Waals surface area contributed by atoms with Crippen LogP contribution in [0.2, 0.25) is 5.02 Å². The first-order chi connectivity index (χ1) is 10.0. The van der Waals surface area contributed by atoms with E-state index in [1.807, 2.05) is 12.1 Å². The molecule has 0 aromatic heterocycles. The highest BCUT2D eigenvalue weighted by atomic mass is 79.9. The number of non-ortho nitro benzene ring substituents is 1. The average Bonchev–Trinajstić information content (AvgIpc) is 2.47. The van der Waals surface area contributed by atoms with E-state index >= 15 is 0 Å². The summed E-state index contributed by atoms with van der Waals surface area (Å²) in [6.07, 6.45) is 0. The number of alkyl halides is 1. The van der Waals surface area contributed by atoms with E-state index in [1.165, 1.54) is 12.1 Å². The van der Waals surface area contributed by atoms with Crippen molar-refractivity contribution in [3.05, 3.63) is 67.1 Å². The first-order valence-corrected chi connectivity index (χ1v) is 7.62. The van der Waals surface area contributed by atoms with Crippen molar-refractivity contribution in [2.75, 3.05) is 0 Å². The number of nitro groups is 1. The van der Waals surface area contributed by atoms with Crippen molar-refractivity contribution in [1.82, 2.24) is 0 Å². The lowest BCUT2D eigenvalue weighted by atomic mass is 10.2. The van der Waals surface area contributed by atoms with Crippen molar-refractivity contribution in [1.29, 1.82) is 0 Å². The van der Waals surface area contributed by atoms with Crippen LogP contribution < -0.4 is 4.74 Å². The Labute approximate surface area is 139 Å². The lowest BCUT2D eigenvalue weighted by Crippen LogP contribution is -1.98. The molecule has 2 rings (SSSR count). The number of hydrogen-bond acceptors (Lipinski definition) is 3. The highest BCUT2D eigenvalue weighted by molar-refractivity contribution is 9.10. The smallest absolute Gasteiger partial charge is 0.270 e. The zero-order valence-corrected chi connectivity index (χ0v) is 13.8. The molecule has 4 nitrogen and oxygen atoms in total. The van der Waals surface area contributed by atoms with Crippen molar-refractivity contribution < 1.29 is 9.66 Å². The number of nitrogens with zero attached hydrogens (tertiary/aromatic N) is 1. The van der Waals surface area contributed by atoms with E-state index in [1.54, 1.807) is 12.1 Å². The Morgan fingerprint density at radius 2 is 1.95 bits per heavy atom. The van der Waals surface area contributed by atoms with E-state index in [4.69, 9.17) is 27.9 Å². The Balaban J connectivity index is 2.11. The third-order valence-electron chi connectivity index (χ3n) is 2.80. The summed E-state index contributed by atoms with van der Waals surface area (Å²) < 4.78 is 6.55. The summed E-state index contributed by atoms with van der Waals surface area (Å²) in [5.41, 5.74) is 1.55. The Morgan fingerprint density at radius 1 is 1.19 bits per heavy atom. The molecule has 0 atom stereocenters. The van der Waals surface area contributed by atoms with Gasteiger partial charge >= 0.3 is 0 Å². The molecule has 110 valence electrons. The third kappa shape index (κ3) is 4.09. The molecule has 2 aromatic carbocycles. The summed E-state index contributed by atoms with van der Waals surface area (Å²) in [5.74, 6) is 1.03. The zero-order valence-electron chi connectivity index (χ0n) is 10.7. The first-order valence-electron chi connectivity index (χ1n) is 5.91. The predicted octanol–water partition coefficient (Wildman–Crippen LogP) is 5.33. The van der Waals surface area contributed by atoms with Crippen molar-refractivity contribution >= 4 is 44.8 Å². The van der Waals surface area contributed by atoms with Crippen molar-refractivity contribution in [2.24, 2.45) is 0 Å². The van der Waals surface area contributed by atoms with E-state index in [2.05, 4.69) is 15.9 Å². The second kappa shape index (κ2) is 7.11. The van der Waals surface area contributed by atoms with Gasteiger partial charge < -0.3 is 4.74 Å². The van der Waals surface area contributed by atoms with E-state index in [0.717, 1.165) is 10.0 Å². The maximum absolute atomic E-state index is 10.6. The van der Waals surface area contributed by atoms with Crippen LogP contribution in [0.5, 0.6) is 5.75 Å². The van der Waals surface area contributed by atoms with Gasteiger partial charge in [0.1, 0.15) is 12.4 Å². The first kappa shape index (κ1) is 16.1. The molecular formula is C14H10BrCl2NO3. The molecule has 0 bridgehead atoms. The van der Waals surface area contributed by atoms with E-state index in [9.17, 15) is 10.1 Å². The van der Waals surface area contributed by atoms with Gasteiger partial charge in [-0.1, -0.05) is 27.5 Å². The Morgan fingerprint density at radius 3 is 2.57 bits per heavy atom. The number of rotatable bonds is 5. The fraction of sp³-hybridized carbons (Fsp3) is 0.143. The fourth-order valence-electron chi connectivity index (χ4n) is 1.67. The molecule has 0 N–H and O–H groups in total. The Hall–Kier alpha value is -1.30. The van der Waals surface area contributed by atoms with Gasteiger partial charge in [-0.15, -0.1) is 11.6 Å². The summed E-state index contributed by atoms with van der Waals surface area (Å²) in [5, 5.41) is 10.9. The minimum absolute atomic E-state index is 0.0446. The van der Waals surface area contributed by atoms with E-state index in [-0.39, 0.29) is 12.3 Å². The Bertz CT molecular complexity index is 679. The molecule has 0 aliphatic carbocycles. The van der Waals surface area contributed by atoms with Crippen LogP contribution in [0.3, 0.4) is 0 Å². The number of halogens is 3. The van der Waals surface area contributed by atoms with Gasteiger partial charge in [-0.05, 0) is 29.8 Å². The normalized spacial score (nSPS) is 10.4. The van der Waals surface area contributed by atoms with Crippen LogP contribution in [0.15, 0.2) is 40.9 Å². The van der Waals surface area contributed by atoms with Gasteiger partial charge in [-0.2, -0.15) is 0 Å². The van der Waals surface area contributed by atoms with Gasteiger partial charge in [0.05, 0.1) is 9.95 Å². The van der Waals surface area contributed by atoms with Gasteiger partial charge in [0.25, 0.3) is 5.69 Å². The summed E-state index contributed by atoms with van der Waals surface area (Å²) >= 11 is 15.2. The maximum atomic E-state index is 10.6. The molecule has 0 saturated carbocycles. The van der Waals surface area contributed by atoms with Crippen molar-refractivity contribution in [3.8, 4) is 5.75 Å². The third-order valence-corrected chi connectivity index (χ3v) is 4.22. The van der Waals surface area contributed by atoms with E-state index in [0.29, 0.717) is 22.2 Å². The van der Waals surface area contributed by atoms with Gasteiger partial charge in [0.2, 0.25) is 0 Å². The fourth-order valence-corrected chi connectivity index (χ4v) is 2.67. The SMILES string of the molecule is O=[N+]([O-])c1ccc(COc2ccc(Br)c(CCl)c2)c(Cl)c1. The average molecular weight is 391 g/mol. The minimum Gasteiger partial charge on any atom is -0.489 e. The van der Waals surface area contributed by atoms with Crippen LogP contribution >= 0.6 is 39.1 Å². The summed E-state index contributed by atoms with van der Waals surface area (Å²) in [6, 6.07) is 9.78. The molecule has 7 heteroatoms. The molecule has 0 aliphatic heterocycles. The molecule has 21 heavy (non-hydrogen) atoms. The van der Waals surface area contributed by atoms with Crippen molar-refractivity contribution in [3.63, 3.8) is 0 Å². The van der Waals surface area contributed by atoms with Crippen LogP contribution in [0.4, 0.5) is 5.69 Å². The molecule has 0 spiro atoms. The molecule has 0 unspecified atom stereocenters. The summed E-state index contributed by atoms with van der Waals surface area (Å²) in [7, 11) is 0. The standard InChI is InChI=1S/C14H10BrCl2NO3/c15-13-4-3-12(5-10(13)7-16)21-8-9-1-2-11(18(19)20)6-14(9)17/h1-6H,7-8H2. The van der Waals surface area contributed by atoms with Gasteiger partial charge in [0.15, 0.2) is 0 Å². The largest absolute Gasteiger partial charge is 0.489 e. The maximum Gasteiger partial charge on any atom is 0.270 e. The Kier molecular flexibility index (Phi) is 5.45. The van der Waals surface area contributed by atoms with Gasteiger partial charge in [-0.25, -0.2) is 0 Å². The second-order valence-electron chi connectivity index (χ2n) is 4.21. The number of hydrogen-bond donors (Lipinski definition) is 0. The molecular weight excluding hydrogens is 381 g/mol. The van der Waals surface area contributed by atoms with Gasteiger partial charge in [0, 0.05) is 28.0 Å². The quantitative estimate of drug-likeness (QED) is 0.394. The van der Waals surface area contributed by atoms with Gasteiger partial charge in [-0.3, -0.25) is 10.1 Å². The monoisotopic (exact) mass is 389 g/mol. The van der Waals surface area contributed by atoms with Crippen LogP contribution in [-0.4, -0.2) is 4.92 Å². The highest BCUT2D eigenvalue weighted by Crippen LogP contribution is 2.27. The molecule has 2 aromatic rings. The molecule has 0 amide bonds. The number of benzene rings is 2. The number of ether oxygens (including phenoxy) is 1. The lowest BCUT2D eigenvalue weighted by Gasteiger charge is -2.09. The summed E-state index contributed by atoms with van der Waals surface area (Å²) in [4.78, 5) is 10.2. The number of nitro benzene ring substituents is 1. The van der Waals surface area contributed by atoms with Crippen molar-refractivity contribution in [2.45, 2.75) is 12.5 Å².